The lowest BCUT2D eigenvalue weighted by molar-refractivity contribution is -0.104. The van der Waals surface area contributed by atoms with Crippen molar-refractivity contribution in [3.8, 4) is 0 Å². The third-order valence-electron chi connectivity index (χ3n) is 2.56. The number of carbonyl (C=O) groups excluding carboxylic acids is 1. The average Bonchev–Trinajstić information content (AvgIpc) is 2.74. The summed E-state index contributed by atoms with van der Waals surface area (Å²) in [6.07, 6.45) is 8.47. The van der Waals surface area contributed by atoms with E-state index in [4.69, 9.17) is 0 Å². The summed E-state index contributed by atoms with van der Waals surface area (Å²) in [5.41, 5.74) is 2.12. The molecule has 2 aliphatic rings. The molecule has 0 radical (unpaired) electrons. The zero-order chi connectivity index (χ0) is 8.39. The van der Waals surface area contributed by atoms with Gasteiger partial charge < -0.3 is 4.90 Å². The maximum Gasteiger partial charge on any atom is 0.151 e. The summed E-state index contributed by atoms with van der Waals surface area (Å²) in [7, 11) is 0. The summed E-state index contributed by atoms with van der Waals surface area (Å²) in [4.78, 5) is 13.0. The van der Waals surface area contributed by atoms with Crippen molar-refractivity contribution in [3.05, 3.63) is 23.4 Å². The predicted molar refractivity (Wildman–Crippen MR) is 47.7 cm³/mol. The van der Waals surface area contributed by atoms with E-state index in [1.54, 1.807) is 0 Å². The van der Waals surface area contributed by atoms with Gasteiger partial charge in [-0.3, -0.25) is 4.79 Å². The maximum absolute atomic E-state index is 10.6. The van der Waals surface area contributed by atoms with Crippen molar-refractivity contribution in [2.45, 2.75) is 19.3 Å². The number of allylic oxidation sites excluding steroid dienone is 3. The first kappa shape index (κ1) is 7.59. The van der Waals surface area contributed by atoms with Gasteiger partial charge in [0, 0.05) is 30.8 Å². The molecule has 2 rings (SSSR count). The maximum atomic E-state index is 10.6. The highest BCUT2D eigenvalue weighted by molar-refractivity contribution is 5.80. The van der Waals surface area contributed by atoms with Gasteiger partial charge in [-0.05, 0) is 12.8 Å². The summed E-state index contributed by atoms with van der Waals surface area (Å²) in [5.74, 6) is 0. The Morgan fingerprint density at radius 1 is 1.33 bits per heavy atom. The van der Waals surface area contributed by atoms with Crippen LogP contribution in [0.1, 0.15) is 19.3 Å². The molecule has 64 valence electrons. The molecule has 0 spiro atoms. The third kappa shape index (κ3) is 1.17. The van der Waals surface area contributed by atoms with E-state index in [0.717, 1.165) is 31.4 Å². The Labute approximate surface area is 72.6 Å². The van der Waals surface area contributed by atoms with Crippen LogP contribution in [0, 0.1) is 0 Å². The van der Waals surface area contributed by atoms with Gasteiger partial charge >= 0.3 is 0 Å². The van der Waals surface area contributed by atoms with Gasteiger partial charge in [-0.1, -0.05) is 12.2 Å². The minimum Gasteiger partial charge on any atom is -0.374 e. The molecule has 1 fully saturated rings. The first-order valence-electron chi connectivity index (χ1n) is 4.51. The van der Waals surface area contributed by atoms with Crippen LogP contribution in [0.2, 0.25) is 0 Å². The largest absolute Gasteiger partial charge is 0.374 e. The van der Waals surface area contributed by atoms with Gasteiger partial charge in [0.1, 0.15) is 0 Å². The van der Waals surface area contributed by atoms with E-state index >= 15 is 0 Å². The van der Waals surface area contributed by atoms with E-state index in [2.05, 4.69) is 11.0 Å². The van der Waals surface area contributed by atoms with Crippen LogP contribution in [0.15, 0.2) is 23.4 Å². The Morgan fingerprint density at radius 2 is 2.08 bits per heavy atom. The fourth-order valence-electron chi connectivity index (χ4n) is 1.92. The summed E-state index contributed by atoms with van der Waals surface area (Å²) < 4.78 is 0. The van der Waals surface area contributed by atoms with Gasteiger partial charge in [0.2, 0.25) is 0 Å². The highest BCUT2D eigenvalue weighted by Gasteiger charge is 2.18. The van der Waals surface area contributed by atoms with Gasteiger partial charge in [-0.2, -0.15) is 0 Å². The van der Waals surface area contributed by atoms with E-state index < -0.39 is 0 Å². The van der Waals surface area contributed by atoms with Crippen LogP contribution in [0.3, 0.4) is 0 Å². The zero-order valence-electron chi connectivity index (χ0n) is 7.12. The third-order valence-corrected chi connectivity index (χ3v) is 2.56. The molecule has 0 N–H and O–H groups in total. The van der Waals surface area contributed by atoms with Crippen LogP contribution in [0.5, 0.6) is 0 Å². The topological polar surface area (TPSA) is 20.3 Å². The standard InChI is InChI=1S/C10H13NO/c12-8-9-4-3-5-10(9)11-6-1-2-7-11/h3-4,8H,1-2,5-7H2. The van der Waals surface area contributed by atoms with Crippen molar-refractivity contribution in [2.75, 3.05) is 13.1 Å². The Morgan fingerprint density at radius 3 is 2.75 bits per heavy atom. The number of hydrogen-bond donors (Lipinski definition) is 0. The molecular formula is C10H13NO. The first-order chi connectivity index (χ1) is 5.92. The molecule has 0 atom stereocenters. The minimum atomic E-state index is 0.886. The Bertz CT molecular complexity index is 247. The monoisotopic (exact) mass is 163 g/mol. The number of carbonyl (C=O) groups is 1. The van der Waals surface area contributed by atoms with Crippen molar-refractivity contribution in [3.63, 3.8) is 0 Å². The summed E-state index contributed by atoms with van der Waals surface area (Å²) in [6, 6.07) is 0. The van der Waals surface area contributed by atoms with Gasteiger partial charge in [0.25, 0.3) is 0 Å². The van der Waals surface area contributed by atoms with Crippen molar-refractivity contribution in [1.29, 1.82) is 0 Å². The normalized spacial score (nSPS) is 22.5. The van der Waals surface area contributed by atoms with Crippen LogP contribution in [0.4, 0.5) is 0 Å². The molecule has 0 aromatic carbocycles. The number of rotatable bonds is 2. The van der Waals surface area contributed by atoms with Crippen LogP contribution >= 0.6 is 0 Å². The fraction of sp³-hybridized carbons (Fsp3) is 0.500. The second kappa shape index (κ2) is 3.13. The van der Waals surface area contributed by atoms with E-state index in [0.29, 0.717) is 0 Å². The molecule has 0 bridgehead atoms. The van der Waals surface area contributed by atoms with Crippen molar-refractivity contribution in [2.24, 2.45) is 0 Å². The second-order valence-electron chi connectivity index (χ2n) is 3.32. The van der Waals surface area contributed by atoms with E-state index in [9.17, 15) is 4.79 Å². The summed E-state index contributed by atoms with van der Waals surface area (Å²) >= 11 is 0. The summed E-state index contributed by atoms with van der Waals surface area (Å²) in [5, 5.41) is 0. The minimum absolute atomic E-state index is 0.886. The average molecular weight is 163 g/mol. The molecule has 1 heterocycles. The molecule has 2 nitrogen and oxygen atoms in total. The smallest absolute Gasteiger partial charge is 0.151 e. The van der Waals surface area contributed by atoms with Gasteiger partial charge in [-0.15, -0.1) is 0 Å². The molecular weight excluding hydrogens is 150 g/mol. The lowest BCUT2D eigenvalue weighted by Gasteiger charge is -2.19. The molecule has 0 saturated carbocycles. The van der Waals surface area contributed by atoms with E-state index in [1.165, 1.54) is 18.5 Å². The number of nitrogens with zero attached hydrogens (tertiary/aromatic N) is 1. The van der Waals surface area contributed by atoms with Crippen LogP contribution in [-0.2, 0) is 4.79 Å². The van der Waals surface area contributed by atoms with Crippen LogP contribution < -0.4 is 0 Å². The van der Waals surface area contributed by atoms with Crippen molar-refractivity contribution >= 4 is 6.29 Å². The van der Waals surface area contributed by atoms with E-state index in [-0.39, 0.29) is 0 Å². The quantitative estimate of drug-likeness (QED) is 0.575. The highest BCUT2D eigenvalue weighted by Crippen LogP contribution is 2.24. The Balaban J connectivity index is 2.16. The first-order valence-corrected chi connectivity index (χ1v) is 4.51. The van der Waals surface area contributed by atoms with Gasteiger partial charge in [0.05, 0.1) is 0 Å². The number of likely N-dealkylation sites (tertiary alicyclic amines) is 1. The van der Waals surface area contributed by atoms with Gasteiger partial charge in [0.15, 0.2) is 6.29 Å². The van der Waals surface area contributed by atoms with Crippen LogP contribution in [0.25, 0.3) is 0 Å². The number of hydrogen-bond acceptors (Lipinski definition) is 2. The summed E-state index contributed by atoms with van der Waals surface area (Å²) in [6.45, 7) is 2.27. The lowest BCUT2D eigenvalue weighted by Crippen LogP contribution is -2.18. The SMILES string of the molecule is O=CC1=C(N2CCCC2)CC=C1. The second-order valence-corrected chi connectivity index (χ2v) is 3.32. The molecule has 0 unspecified atom stereocenters. The van der Waals surface area contributed by atoms with Crippen LogP contribution in [-0.4, -0.2) is 24.3 Å². The lowest BCUT2D eigenvalue weighted by atomic mass is 10.2. The molecule has 1 aliphatic carbocycles. The molecule has 1 aliphatic heterocycles. The Hall–Kier alpha value is -1.05. The number of aldehydes is 1. The van der Waals surface area contributed by atoms with Gasteiger partial charge in [-0.25, -0.2) is 0 Å². The molecule has 0 amide bonds. The molecule has 1 saturated heterocycles. The molecule has 2 heteroatoms. The van der Waals surface area contributed by atoms with Crippen molar-refractivity contribution in [1.82, 2.24) is 4.90 Å². The molecule has 0 aromatic rings. The van der Waals surface area contributed by atoms with E-state index in [1.807, 2.05) is 6.08 Å². The highest BCUT2D eigenvalue weighted by atomic mass is 16.1. The molecule has 0 aromatic heterocycles. The predicted octanol–water partition coefficient (Wildman–Crippen LogP) is 1.50. The zero-order valence-corrected chi connectivity index (χ0v) is 7.12. The molecule has 12 heavy (non-hydrogen) atoms. The van der Waals surface area contributed by atoms with Crippen molar-refractivity contribution < 1.29 is 4.79 Å². The fourth-order valence-corrected chi connectivity index (χ4v) is 1.92. The Kier molecular flexibility index (Phi) is 1.98.